The molecule has 0 atom stereocenters. The number of nitrogens with one attached hydrogen (secondary N) is 1. The van der Waals surface area contributed by atoms with Crippen molar-refractivity contribution in [2.45, 2.75) is 6.54 Å². The highest BCUT2D eigenvalue weighted by Crippen LogP contribution is 2.27. The highest BCUT2D eigenvalue weighted by molar-refractivity contribution is 6.23. The molecule has 34 heavy (non-hydrogen) atoms. The van der Waals surface area contributed by atoms with Crippen molar-refractivity contribution in [1.82, 2.24) is 10.2 Å². The van der Waals surface area contributed by atoms with E-state index in [0.29, 0.717) is 5.76 Å². The van der Waals surface area contributed by atoms with Crippen LogP contribution in [-0.2, 0) is 11.3 Å². The van der Waals surface area contributed by atoms with Gasteiger partial charge in [-0.3, -0.25) is 34.2 Å². The van der Waals surface area contributed by atoms with Gasteiger partial charge in [0, 0.05) is 19.2 Å². The number of hydrogen-bond acceptors (Lipinski definition) is 7. The fourth-order valence-corrected chi connectivity index (χ4v) is 3.55. The van der Waals surface area contributed by atoms with Gasteiger partial charge in [0.05, 0.1) is 40.1 Å². The summed E-state index contributed by atoms with van der Waals surface area (Å²) in [5.41, 5.74) is 0.00961. The molecule has 0 aliphatic carbocycles. The van der Waals surface area contributed by atoms with Gasteiger partial charge in [-0.25, -0.2) is 0 Å². The Hall–Kier alpha value is -4.80. The summed E-state index contributed by atoms with van der Waals surface area (Å²) in [7, 11) is 1.42. The normalized spacial score (nSPS) is 12.4. The zero-order chi connectivity index (χ0) is 24.4. The summed E-state index contributed by atoms with van der Waals surface area (Å²) in [6.45, 7) is -0.446. The fourth-order valence-electron chi connectivity index (χ4n) is 3.55. The van der Waals surface area contributed by atoms with Crippen LogP contribution >= 0.6 is 0 Å². The van der Waals surface area contributed by atoms with Crippen LogP contribution in [0.15, 0.2) is 65.3 Å². The first-order valence-electron chi connectivity index (χ1n) is 10.1. The summed E-state index contributed by atoms with van der Waals surface area (Å²) in [6.07, 6.45) is 1.49. The number of likely N-dealkylation sites (N-methyl/N-ethyl adjacent to an activating group) is 1. The van der Waals surface area contributed by atoms with E-state index in [0.717, 1.165) is 17.0 Å². The molecule has 3 aromatic rings. The van der Waals surface area contributed by atoms with E-state index in [1.165, 1.54) is 30.3 Å². The largest absolute Gasteiger partial charge is 0.467 e. The number of imide groups is 1. The summed E-state index contributed by atoms with van der Waals surface area (Å²) in [6, 6.07) is 13.1. The van der Waals surface area contributed by atoms with Gasteiger partial charge < -0.3 is 14.6 Å². The van der Waals surface area contributed by atoms with Crippen LogP contribution in [0, 0.1) is 10.1 Å². The second-order valence-corrected chi connectivity index (χ2v) is 7.42. The third kappa shape index (κ3) is 4.13. The van der Waals surface area contributed by atoms with Crippen molar-refractivity contribution in [3.8, 4) is 0 Å². The Morgan fingerprint density at radius 3 is 2.50 bits per heavy atom. The molecule has 1 aliphatic heterocycles. The minimum absolute atomic E-state index is 0.0104. The smallest absolute Gasteiger partial charge is 0.270 e. The molecule has 0 radical (unpaired) electrons. The molecule has 0 saturated heterocycles. The maximum absolute atomic E-state index is 13.0. The van der Waals surface area contributed by atoms with Gasteiger partial charge in [0.2, 0.25) is 5.91 Å². The summed E-state index contributed by atoms with van der Waals surface area (Å²) < 4.78 is 5.19. The third-order valence-corrected chi connectivity index (χ3v) is 5.35. The third-order valence-electron chi connectivity index (χ3n) is 5.35. The van der Waals surface area contributed by atoms with E-state index in [1.807, 2.05) is 0 Å². The first kappa shape index (κ1) is 22.4. The van der Waals surface area contributed by atoms with Gasteiger partial charge in [-0.05, 0) is 30.3 Å². The number of non-ortho nitro benzene ring substituents is 1. The summed E-state index contributed by atoms with van der Waals surface area (Å²) in [4.78, 5) is 63.2. The molecule has 4 amide bonds. The van der Waals surface area contributed by atoms with Gasteiger partial charge in [0.25, 0.3) is 23.4 Å². The number of nitro benzene ring substituents is 1. The van der Waals surface area contributed by atoms with Gasteiger partial charge in [-0.1, -0.05) is 12.1 Å². The first-order valence-corrected chi connectivity index (χ1v) is 10.1. The molecule has 11 nitrogen and oxygen atoms in total. The lowest BCUT2D eigenvalue weighted by molar-refractivity contribution is -0.384. The van der Waals surface area contributed by atoms with Gasteiger partial charge in [-0.15, -0.1) is 0 Å². The van der Waals surface area contributed by atoms with Crippen LogP contribution in [0.4, 0.5) is 11.4 Å². The van der Waals surface area contributed by atoms with Crippen LogP contribution in [0.3, 0.4) is 0 Å². The number of nitrogens with zero attached hydrogens (tertiary/aromatic N) is 3. The zero-order valence-electron chi connectivity index (χ0n) is 17.9. The number of para-hydroxylation sites is 1. The van der Waals surface area contributed by atoms with Crippen molar-refractivity contribution < 1.29 is 28.5 Å². The number of carbonyl (C=O) groups excluding carboxylic acids is 4. The van der Waals surface area contributed by atoms with Crippen molar-refractivity contribution in [3.63, 3.8) is 0 Å². The number of benzene rings is 2. The summed E-state index contributed by atoms with van der Waals surface area (Å²) in [5.74, 6) is -2.04. The van der Waals surface area contributed by atoms with Crippen LogP contribution in [0.5, 0.6) is 0 Å². The predicted octanol–water partition coefficient (Wildman–Crippen LogP) is 2.38. The van der Waals surface area contributed by atoms with Crippen molar-refractivity contribution in [2.75, 3.05) is 18.5 Å². The van der Waals surface area contributed by atoms with Crippen molar-refractivity contribution >= 4 is 35.0 Å². The second-order valence-electron chi connectivity index (χ2n) is 7.42. The Morgan fingerprint density at radius 1 is 1.06 bits per heavy atom. The molecule has 0 fully saturated rings. The van der Waals surface area contributed by atoms with Crippen LogP contribution < -0.4 is 10.2 Å². The Kier molecular flexibility index (Phi) is 5.92. The monoisotopic (exact) mass is 462 g/mol. The predicted molar refractivity (Wildman–Crippen MR) is 118 cm³/mol. The van der Waals surface area contributed by atoms with Crippen LogP contribution in [-0.4, -0.2) is 47.0 Å². The van der Waals surface area contributed by atoms with Gasteiger partial charge in [-0.2, -0.15) is 0 Å². The number of furan rings is 1. The van der Waals surface area contributed by atoms with Crippen LogP contribution in [0.2, 0.25) is 0 Å². The number of rotatable bonds is 7. The minimum atomic E-state index is -0.796. The SMILES string of the molecule is CN(C(=O)CN1C(=O)c2ccc([N+](=O)[O-])cc2C1=O)c1ccccc1C(=O)NCc1ccco1. The van der Waals surface area contributed by atoms with E-state index in [9.17, 15) is 29.3 Å². The lowest BCUT2D eigenvalue weighted by Gasteiger charge is -2.22. The maximum atomic E-state index is 13.0. The van der Waals surface area contributed by atoms with Gasteiger partial charge in [0.15, 0.2) is 0 Å². The number of amides is 4. The van der Waals surface area contributed by atoms with Crippen molar-refractivity contribution in [3.05, 3.63) is 93.4 Å². The molecule has 11 heteroatoms. The molecule has 1 aliphatic rings. The molecule has 0 bridgehead atoms. The molecule has 0 saturated carbocycles. The number of fused-ring (bicyclic) bond motifs is 1. The van der Waals surface area contributed by atoms with Gasteiger partial charge >= 0.3 is 0 Å². The Bertz CT molecular complexity index is 1320. The molecular weight excluding hydrogens is 444 g/mol. The average molecular weight is 462 g/mol. The molecule has 0 spiro atoms. The molecule has 0 unspecified atom stereocenters. The van der Waals surface area contributed by atoms with Crippen molar-refractivity contribution in [2.24, 2.45) is 0 Å². The van der Waals surface area contributed by atoms with Gasteiger partial charge in [0.1, 0.15) is 12.3 Å². The van der Waals surface area contributed by atoms with E-state index in [-0.39, 0.29) is 34.6 Å². The molecule has 4 rings (SSSR count). The Morgan fingerprint density at radius 2 is 1.79 bits per heavy atom. The topological polar surface area (TPSA) is 143 Å². The standard InChI is InChI=1S/C23H18N4O7/c1-25(19-7-3-2-6-17(19)21(29)24-12-15-5-4-10-34-15)20(28)13-26-22(30)16-9-8-14(27(32)33)11-18(16)23(26)31/h2-11H,12-13H2,1H3,(H,24,29). The molecule has 172 valence electrons. The first-order chi connectivity index (χ1) is 16.3. The number of nitro groups is 1. The van der Waals surface area contributed by atoms with Crippen LogP contribution in [0.25, 0.3) is 0 Å². The maximum Gasteiger partial charge on any atom is 0.270 e. The Balaban J connectivity index is 1.50. The molecule has 1 aromatic heterocycles. The summed E-state index contributed by atoms with van der Waals surface area (Å²) >= 11 is 0. The fraction of sp³-hybridized carbons (Fsp3) is 0.130. The summed E-state index contributed by atoms with van der Waals surface area (Å²) in [5, 5.41) is 13.7. The lowest BCUT2D eigenvalue weighted by atomic mass is 10.1. The molecule has 2 heterocycles. The minimum Gasteiger partial charge on any atom is -0.467 e. The highest BCUT2D eigenvalue weighted by atomic mass is 16.6. The highest BCUT2D eigenvalue weighted by Gasteiger charge is 2.38. The molecule has 1 N–H and O–H groups in total. The number of hydrogen-bond donors (Lipinski definition) is 1. The average Bonchev–Trinajstić information content (AvgIpc) is 3.44. The van der Waals surface area contributed by atoms with E-state index in [1.54, 1.807) is 30.3 Å². The van der Waals surface area contributed by atoms with Crippen LogP contribution in [0.1, 0.15) is 36.8 Å². The second kappa shape index (κ2) is 8.98. The van der Waals surface area contributed by atoms with Crippen molar-refractivity contribution in [1.29, 1.82) is 0 Å². The number of anilines is 1. The van der Waals surface area contributed by atoms with E-state index in [2.05, 4.69) is 5.32 Å². The number of carbonyl (C=O) groups is 4. The van der Waals surface area contributed by atoms with E-state index in [4.69, 9.17) is 4.42 Å². The lowest BCUT2D eigenvalue weighted by Crippen LogP contribution is -2.42. The van der Waals surface area contributed by atoms with E-state index >= 15 is 0 Å². The Labute approximate surface area is 192 Å². The molecular formula is C23H18N4O7. The zero-order valence-corrected chi connectivity index (χ0v) is 17.9. The molecule has 2 aromatic carbocycles. The quantitative estimate of drug-likeness (QED) is 0.323. The van der Waals surface area contributed by atoms with E-state index < -0.39 is 35.1 Å².